The van der Waals surface area contributed by atoms with Crippen molar-refractivity contribution >= 4 is 28.2 Å². The number of rotatable bonds is 4. The lowest BCUT2D eigenvalue weighted by Gasteiger charge is -2.11. The molecule has 1 aliphatic rings. The van der Waals surface area contributed by atoms with Crippen molar-refractivity contribution in [3.8, 4) is 11.1 Å². The molecule has 2 atom stereocenters. The molecule has 0 bridgehead atoms. The summed E-state index contributed by atoms with van der Waals surface area (Å²) >= 11 is 0. The fraction of sp³-hybridized carbons (Fsp3) is 0.211. The van der Waals surface area contributed by atoms with E-state index in [0.717, 1.165) is 27.5 Å². The van der Waals surface area contributed by atoms with Gasteiger partial charge in [0.1, 0.15) is 12.0 Å². The number of carbonyl (C=O) groups excluding carboxylic acids is 1. The van der Waals surface area contributed by atoms with Crippen LogP contribution in [-0.2, 0) is 11.4 Å². The number of alkyl halides is 1. The SMILES string of the molecule is Nc1cc(-c2cnccc2CO)cc2cc(NC(=O)[C@@H]3C[C@@H]3F)ncc12. The second-order valence-corrected chi connectivity index (χ2v) is 6.39. The van der Waals surface area contributed by atoms with E-state index in [-0.39, 0.29) is 18.9 Å². The second-order valence-electron chi connectivity index (χ2n) is 6.39. The van der Waals surface area contributed by atoms with Gasteiger partial charge in [0.25, 0.3) is 0 Å². The summed E-state index contributed by atoms with van der Waals surface area (Å²) in [4.78, 5) is 20.2. The molecule has 1 aliphatic carbocycles. The third-order valence-corrected chi connectivity index (χ3v) is 4.56. The van der Waals surface area contributed by atoms with Crippen LogP contribution >= 0.6 is 0 Å². The van der Waals surface area contributed by atoms with Crippen LogP contribution in [0.25, 0.3) is 21.9 Å². The van der Waals surface area contributed by atoms with Crippen LogP contribution in [0.5, 0.6) is 0 Å². The molecule has 4 N–H and O–H groups in total. The summed E-state index contributed by atoms with van der Waals surface area (Å²) < 4.78 is 13.0. The summed E-state index contributed by atoms with van der Waals surface area (Å²) in [5, 5.41) is 13.7. The van der Waals surface area contributed by atoms with Crippen molar-refractivity contribution in [2.24, 2.45) is 5.92 Å². The number of amides is 1. The van der Waals surface area contributed by atoms with Gasteiger partial charge < -0.3 is 16.2 Å². The first-order valence-electron chi connectivity index (χ1n) is 8.25. The van der Waals surface area contributed by atoms with E-state index in [1.54, 1.807) is 36.8 Å². The van der Waals surface area contributed by atoms with E-state index >= 15 is 0 Å². The van der Waals surface area contributed by atoms with E-state index in [4.69, 9.17) is 5.73 Å². The summed E-state index contributed by atoms with van der Waals surface area (Å²) in [6.07, 6.45) is 4.08. The van der Waals surface area contributed by atoms with Crippen LogP contribution in [0.2, 0.25) is 0 Å². The van der Waals surface area contributed by atoms with Crippen molar-refractivity contribution in [3.63, 3.8) is 0 Å². The fourth-order valence-corrected chi connectivity index (χ4v) is 2.99. The average molecular weight is 352 g/mol. The number of aliphatic hydroxyl groups is 1. The summed E-state index contributed by atoms with van der Waals surface area (Å²) in [6.45, 7) is -0.112. The number of aromatic nitrogens is 2. The first-order chi connectivity index (χ1) is 12.6. The molecule has 1 amide bonds. The molecule has 0 spiro atoms. The van der Waals surface area contributed by atoms with Crippen LogP contribution in [0, 0.1) is 5.92 Å². The molecule has 7 heteroatoms. The molecule has 3 aromatic rings. The summed E-state index contributed by atoms with van der Waals surface area (Å²) in [6, 6.07) is 7.15. The highest BCUT2D eigenvalue weighted by atomic mass is 19.1. The van der Waals surface area contributed by atoms with Crippen molar-refractivity contribution in [3.05, 3.63) is 48.4 Å². The molecule has 1 fully saturated rings. The zero-order valence-corrected chi connectivity index (χ0v) is 13.8. The van der Waals surface area contributed by atoms with Crippen LogP contribution in [0.1, 0.15) is 12.0 Å². The van der Waals surface area contributed by atoms with Gasteiger partial charge in [-0.25, -0.2) is 9.37 Å². The van der Waals surface area contributed by atoms with Gasteiger partial charge in [-0.05, 0) is 47.2 Å². The van der Waals surface area contributed by atoms with Gasteiger partial charge in [-0.3, -0.25) is 9.78 Å². The van der Waals surface area contributed by atoms with Gasteiger partial charge in [-0.2, -0.15) is 0 Å². The lowest BCUT2D eigenvalue weighted by atomic mass is 9.98. The quantitative estimate of drug-likeness (QED) is 0.627. The van der Waals surface area contributed by atoms with E-state index in [1.165, 1.54) is 0 Å². The molecule has 0 saturated heterocycles. The van der Waals surface area contributed by atoms with E-state index in [1.807, 2.05) is 6.07 Å². The molecular weight excluding hydrogens is 335 g/mol. The Bertz CT molecular complexity index is 1010. The standard InChI is InChI=1S/C19H17FN4O2/c20-16-6-13(16)19(26)24-18-5-12-3-11(4-17(21)15(12)8-23-18)14-7-22-2-1-10(14)9-25/h1-5,7-8,13,16,25H,6,9,21H2,(H,23,24,26)/t13-,16+/m1/s1. The van der Waals surface area contributed by atoms with Crippen molar-refractivity contribution in [2.45, 2.75) is 19.2 Å². The molecule has 0 aliphatic heterocycles. The largest absolute Gasteiger partial charge is 0.398 e. The Hall–Kier alpha value is -3.06. The molecule has 0 radical (unpaired) electrons. The summed E-state index contributed by atoms with van der Waals surface area (Å²) in [5.74, 6) is -0.582. The molecule has 2 aromatic heterocycles. The zero-order chi connectivity index (χ0) is 18.3. The number of nitrogen functional groups attached to an aromatic ring is 1. The number of anilines is 2. The molecular formula is C19H17FN4O2. The Morgan fingerprint density at radius 2 is 2.15 bits per heavy atom. The first-order valence-corrected chi connectivity index (χ1v) is 8.25. The van der Waals surface area contributed by atoms with E-state index < -0.39 is 12.1 Å². The van der Waals surface area contributed by atoms with Gasteiger partial charge in [0.15, 0.2) is 0 Å². The van der Waals surface area contributed by atoms with Crippen molar-refractivity contribution in [2.75, 3.05) is 11.1 Å². The maximum atomic E-state index is 13.0. The number of fused-ring (bicyclic) bond motifs is 1. The van der Waals surface area contributed by atoms with Crippen LogP contribution in [0.3, 0.4) is 0 Å². The predicted molar refractivity (Wildman–Crippen MR) is 96.9 cm³/mol. The van der Waals surface area contributed by atoms with Gasteiger partial charge in [0.05, 0.1) is 12.5 Å². The highest BCUT2D eigenvalue weighted by Crippen LogP contribution is 2.35. The number of nitrogens with one attached hydrogen (secondary N) is 1. The van der Waals surface area contributed by atoms with Crippen molar-refractivity contribution < 1.29 is 14.3 Å². The smallest absolute Gasteiger partial charge is 0.231 e. The van der Waals surface area contributed by atoms with Crippen molar-refractivity contribution in [1.29, 1.82) is 0 Å². The minimum Gasteiger partial charge on any atom is -0.398 e. The number of hydrogen-bond donors (Lipinski definition) is 3. The third kappa shape index (κ3) is 2.97. The Labute approximate surface area is 148 Å². The number of nitrogens with zero attached hydrogens (tertiary/aromatic N) is 2. The number of pyridine rings is 2. The van der Waals surface area contributed by atoms with Crippen LogP contribution in [0.15, 0.2) is 42.9 Å². The maximum Gasteiger partial charge on any atom is 0.231 e. The Morgan fingerprint density at radius 3 is 2.88 bits per heavy atom. The minimum atomic E-state index is -1.06. The molecule has 4 rings (SSSR count). The Morgan fingerprint density at radius 1 is 1.35 bits per heavy atom. The van der Waals surface area contributed by atoms with E-state index in [9.17, 15) is 14.3 Å². The maximum absolute atomic E-state index is 13.0. The van der Waals surface area contributed by atoms with Gasteiger partial charge >= 0.3 is 0 Å². The highest BCUT2D eigenvalue weighted by Gasteiger charge is 2.43. The average Bonchev–Trinajstić information content (AvgIpc) is 3.38. The lowest BCUT2D eigenvalue weighted by molar-refractivity contribution is -0.117. The highest BCUT2D eigenvalue weighted by molar-refractivity contribution is 6.00. The number of carbonyl (C=O) groups is 1. The summed E-state index contributed by atoms with van der Waals surface area (Å²) in [7, 11) is 0. The normalized spacial score (nSPS) is 18.7. The third-order valence-electron chi connectivity index (χ3n) is 4.56. The lowest BCUT2D eigenvalue weighted by Crippen LogP contribution is -2.15. The van der Waals surface area contributed by atoms with Crippen molar-refractivity contribution in [1.82, 2.24) is 9.97 Å². The molecule has 6 nitrogen and oxygen atoms in total. The Balaban J connectivity index is 1.73. The second kappa shape index (κ2) is 6.34. The molecule has 1 aromatic carbocycles. The molecule has 26 heavy (non-hydrogen) atoms. The molecule has 132 valence electrons. The van der Waals surface area contributed by atoms with Gasteiger partial charge in [-0.1, -0.05) is 0 Å². The first kappa shape index (κ1) is 16.4. The zero-order valence-electron chi connectivity index (χ0n) is 13.8. The van der Waals surface area contributed by atoms with Crippen LogP contribution < -0.4 is 11.1 Å². The Kier molecular flexibility index (Phi) is 4.00. The minimum absolute atomic E-state index is 0.112. The molecule has 1 saturated carbocycles. The number of benzene rings is 1. The number of aliphatic hydroxyl groups excluding tert-OH is 1. The predicted octanol–water partition coefficient (Wildman–Crippen LogP) is 2.67. The molecule has 2 heterocycles. The summed E-state index contributed by atoms with van der Waals surface area (Å²) in [5.41, 5.74) is 9.01. The van der Waals surface area contributed by atoms with Gasteiger partial charge in [0, 0.05) is 35.2 Å². The van der Waals surface area contributed by atoms with E-state index in [0.29, 0.717) is 11.5 Å². The topological polar surface area (TPSA) is 101 Å². The van der Waals surface area contributed by atoms with Crippen LogP contribution in [-0.4, -0.2) is 27.2 Å². The van der Waals surface area contributed by atoms with Crippen LogP contribution in [0.4, 0.5) is 15.9 Å². The van der Waals surface area contributed by atoms with E-state index in [2.05, 4.69) is 15.3 Å². The number of hydrogen-bond acceptors (Lipinski definition) is 5. The monoisotopic (exact) mass is 352 g/mol. The fourth-order valence-electron chi connectivity index (χ4n) is 2.99. The number of nitrogens with two attached hydrogens (primary N) is 1. The van der Waals surface area contributed by atoms with Gasteiger partial charge in [0.2, 0.25) is 5.91 Å². The number of halogens is 1. The van der Waals surface area contributed by atoms with Gasteiger partial charge in [-0.15, -0.1) is 0 Å². The molecule has 0 unspecified atom stereocenters.